The van der Waals surface area contributed by atoms with Gasteiger partial charge in [-0.1, -0.05) is 146 Å². The maximum absolute atomic E-state index is 10.1. The normalized spacial score (nSPS) is 16.5. The Kier molecular flexibility index (Phi) is 15.5. The van der Waals surface area contributed by atoms with Crippen LogP contribution in [0.4, 0.5) is 0 Å². The molecule has 0 saturated heterocycles. The lowest BCUT2D eigenvalue weighted by atomic mass is 10.0. The molecule has 0 amide bonds. The fraction of sp³-hybridized carbons (Fsp3) is 0.590. The topological polar surface area (TPSA) is 71.0 Å². The maximum Gasteiger partial charge on any atom is 0.157 e. The largest absolute Gasteiger partial charge is 0.504 e. The summed E-state index contributed by atoms with van der Waals surface area (Å²) in [6.45, 7) is 9.91. The smallest absolute Gasteiger partial charge is 0.157 e. The molecule has 46 heavy (non-hydrogen) atoms. The summed E-state index contributed by atoms with van der Waals surface area (Å²) in [5, 5.41) is 32.9. The van der Waals surface area contributed by atoms with Crippen LogP contribution in [-0.4, -0.2) is 45.9 Å². The minimum atomic E-state index is -0.0865. The molecule has 4 N–H and O–H groups in total. The van der Waals surface area contributed by atoms with Crippen LogP contribution >= 0.6 is 11.6 Å². The van der Waals surface area contributed by atoms with Crippen LogP contribution in [0.15, 0.2) is 60.4 Å². The van der Waals surface area contributed by atoms with E-state index in [2.05, 4.69) is 34.2 Å². The molecule has 0 saturated carbocycles. The molecule has 0 spiro atoms. The van der Waals surface area contributed by atoms with Crippen molar-refractivity contribution in [3.05, 3.63) is 76.6 Å². The molecule has 0 aliphatic carbocycles. The number of unbranched alkanes of at least 4 members (excludes halogenated alkanes) is 15. The molecule has 6 nitrogen and oxygen atoms in total. The van der Waals surface area contributed by atoms with Gasteiger partial charge in [-0.3, -0.25) is 0 Å². The molecule has 2 aromatic rings. The number of benzene rings is 2. The summed E-state index contributed by atoms with van der Waals surface area (Å²) >= 11 is 6.51. The maximum atomic E-state index is 10.1. The number of hydrogen-bond acceptors (Lipinski definition) is 6. The van der Waals surface area contributed by atoms with Gasteiger partial charge >= 0.3 is 0 Å². The minimum absolute atomic E-state index is 0.0764. The van der Waals surface area contributed by atoms with Gasteiger partial charge in [0.05, 0.1) is 24.0 Å². The van der Waals surface area contributed by atoms with E-state index in [4.69, 9.17) is 11.6 Å². The third-order valence-corrected chi connectivity index (χ3v) is 9.88. The van der Waals surface area contributed by atoms with E-state index in [1.54, 1.807) is 12.1 Å². The van der Waals surface area contributed by atoms with Crippen LogP contribution in [0, 0.1) is 0 Å². The third-order valence-electron chi connectivity index (χ3n) is 9.55. The number of aromatic hydroxyl groups is 2. The zero-order valence-electron chi connectivity index (χ0n) is 28.3. The Morgan fingerprint density at radius 2 is 1.46 bits per heavy atom. The molecule has 2 aromatic carbocycles. The first kappa shape index (κ1) is 36.0. The summed E-state index contributed by atoms with van der Waals surface area (Å²) in [6.07, 6.45) is 22.7. The quantitative estimate of drug-likeness (QED) is 0.0751. The second kappa shape index (κ2) is 19.7. The van der Waals surface area contributed by atoms with Crippen LogP contribution in [0.2, 0.25) is 5.02 Å². The first-order chi connectivity index (χ1) is 22.5. The molecule has 254 valence electrons. The zero-order valence-corrected chi connectivity index (χ0v) is 29.1. The lowest BCUT2D eigenvalue weighted by Crippen LogP contribution is -2.45. The molecule has 1 atom stereocenters. The van der Waals surface area contributed by atoms with Gasteiger partial charge in [0.15, 0.2) is 11.5 Å². The van der Waals surface area contributed by atoms with Crippen molar-refractivity contribution in [2.24, 2.45) is 0 Å². The van der Waals surface area contributed by atoms with Crippen molar-refractivity contribution in [2.75, 3.05) is 19.6 Å². The molecule has 2 aliphatic heterocycles. The standard InChI is InChI=1S/C39H59ClN4O2/c1-3-4-5-6-7-8-9-10-11-12-13-14-15-16-17-20-27-44-39-35(42-31(2)33-21-18-19-22-34(33)40)25-26-41-36(39)30-43(44)29-32-23-24-37(45)38(46)28-32/h18-19,21-24,28,35,41-42,45-46H,2-17,20,25-27,29-30H2,1H3. The average molecular weight is 651 g/mol. The van der Waals surface area contributed by atoms with Gasteiger partial charge in [0.25, 0.3) is 0 Å². The van der Waals surface area contributed by atoms with Gasteiger partial charge in [0, 0.05) is 35.9 Å². The molecule has 7 heteroatoms. The number of rotatable bonds is 22. The second-order valence-corrected chi connectivity index (χ2v) is 13.7. The molecule has 4 rings (SSSR count). The van der Waals surface area contributed by atoms with Gasteiger partial charge in [0.2, 0.25) is 0 Å². The minimum Gasteiger partial charge on any atom is -0.504 e. The van der Waals surface area contributed by atoms with Gasteiger partial charge in [-0.15, -0.1) is 0 Å². The Balaban J connectivity index is 1.24. The van der Waals surface area contributed by atoms with Gasteiger partial charge in [-0.2, -0.15) is 0 Å². The van der Waals surface area contributed by atoms with E-state index in [1.165, 1.54) is 108 Å². The van der Waals surface area contributed by atoms with E-state index in [9.17, 15) is 10.2 Å². The van der Waals surface area contributed by atoms with Crippen LogP contribution in [0.3, 0.4) is 0 Å². The lowest BCUT2D eigenvalue weighted by Gasteiger charge is -2.37. The average Bonchev–Trinajstić information content (AvgIpc) is 3.40. The zero-order chi connectivity index (χ0) is 32.6. The number of nitrogens with zero attached hydrogens (tertiary/aromatic N) is 2. The molecular weight excluding hydrogens is 592 g/mol. The predicted octanol–water partition coefficient (Wildman–Crippen LogP) is 9.88. The molecule has 2 aliphatic rings. The monoisotopic (exact) mass is 650 g/mol. The highest BCUT2D eigenvalue weighted by Gasteiger charge is 2.37. The van der Waals surface area contributed by atoms with Gasteiger partial charge < -0.3 is 25.9 Å². The number of phenols is 2. The number of halogens is 1. The van der Waals surface area contributed by atoms with Crippen LogP contribution in [0.1, 0.15) is 127 Å². The Bertz CT molecular complexity index is 1250. The molecule has 2 heterocycles. The van der Waals surface area contributed by atoms with Crippen molar-refractivity contribution in [3.8, 4) is 11.5 Å². The van der Waals surface area contributed by atoms with Crippen molar-refractivity contribution in [3.63, 3.8) is 0 Å². The number of phenolic OH excluding ortho intramolecular Hbond substituents is 2. The fourth-order valence-corrected chi connectivity index (χ4v) is 7.17. The fourth-order valence-electron chi connectivity index (χ4n) is 6.92. The number of nitrogens with one attached hydrogen (secondary N) is 2. The van der Waals surface area contributed by atoms with E-state index in [0.29, 0.717) is 11.6 Å². The Morgan fingerprint density at radius 3 is 2.07 bits per heavy atom. The van der Waals surface area contributed by atoms with Crippen molar-refractivity contribution >= 4 is 17.3 Å². The van der Waals surface area contributed by atoms with Crippen LogP contribution in [0.25, 0.3) is 5.70 Å². The molecule has 0 fully saturated rings. The van der Waals surface area contributed by atoms with E-state index < -0.39 is 0 Å². The first-order valence-corrected chi connectivity index (χ1v) is 18.6. The second-order valence-electron chi connectivity index (χ2n) is 13.3. The van der Waals surface area contributed by atoms with Gasteiger partial charge in [-0.25, -0.2) is 5.01 Å². The van der Waals surface area contributed by atoms with Crippen molar-refractivity contribution in [1.29, 1.82) is 0 Å². The summed E-state index contributed by atoms with van der Waals surface area (Å²) in [4.78, 5) is 0. The summed E-state index contributed by atoms with van der Waals surface area (Å²) in [7, 11) is 0. The SMILES string of the molecule is C=C(NC1CCNC2=C1N(CCCCCCCCCCCCCCCCCC)N(Cc1ccc(O)c(O)c1)C2)c1ccccc1Cl. The molecule has 1 unspecified atom stereocenters. The predicted molar refractivity (Wildman–Crippen MR) is 193 cm³/mol. The Morgan fingerprint density at radius 1 is 0.848 bits per heavy atom. The highest BCUT2D eigenvalue weighted by molar-refractivity contribution is 6.32. The number of hydrazine groups is 1. The van der Waals surface area contributed by atoms with E-state index in [-0.39, 0.29) is 17.5 Å². The summed E-state index contributed by atoms with van der Waals surface area (Å²) < 4.78 is 0. The van der Waals surface area contributed by atoms with Crippen molar-refractivity contribution < 1.29 is 10.2 Å². The van der Waals surface area contributed by atoms with E-state index in [0.717, 1.165) is 49.3 Å². The van der Waals surface area contributed by atoms with Crippen molar-refractivity contribution in [2.45, 2.75) is 129 Å². The first-order valence-electron chi connectivity index (χ1n) is 18.2. The molecule has 0 radical (unpaired) electrons. The lowest BCUT2D eigenvalue weighted by molar-refractivity contribution is 0.0231. The number of hydrogen-bond donors (Lipinski definition) is 4. The Labute approximate surface area is 283 Å². The summed E-state index contributed by atoms with van der Waals surface area (Å²) in [5.74, 6) is -0.163. The van der Waals surface area contributed by atoms with E-state index >= 15 is 0 Å². The molecular formula is C39H59ClN4O2. The van der Waals surface area contributed by atoms with Crippen LogP contribution < -0.4 is 10.6 Å². The summed E-state index contributed by atoms with van der Waals surface area (Å²) in [5.41, 5.74) is 5.27. The third kappa shape index (κ3) is 11.2. The molecule has 0 aromatic heterocycles. The van der Waals surface area contributed by atoms with Crippen LogP contribution in [0.5, 0.6) is 11.5 Å². The van der Waals surface area contributed by atoms with Crippen LogP contribution in [-0.2, 0) is 6.54 Å². The highest BCUT2D eigenvalue weighted by Crippen LogP contribution is 2.33. The van der Waals surface area contributed by atoms with Gasteiger partial charge in [-0.05, 0) is 36.6 Å². The summed E-state index contributed by atoms with van der Waals surface area (Å²) in [6, 6.07) is 13.1. The highest BCUT2D eigenvalue weighted by atomic mass is 35.5. The van der Waals surface area contributed by atoms with Gasteiger partial charge in [0.1, 0.15) is 0 Å². The van der Waals surface area contributed by atoms with Crippen molar-refractivity contribution in [1.82, 2.24) is 20.7 Å². The van der Waals surface area contributed by atoms with E-state index in [1.807, 2.05) is 30.3 Å². The molecule has 0 bridgehead atoms. The Hall–Kier alpha value is -2.83.